The molecule has 4 amide bonds. The van der Waals surface area contributed by atoms with Gasteiger partial charge in [-0.1, -0.05) is 25.0 Å². The van der Waals surface area contributed by atoms with Gasteiger partial charge in [-0.2, -0.15) is 4.72 Å². The van der Waals surface area contributed by atoms with Crippen LogP contribution in [0.4, 0.5) is 4.79 Å². The van der Waals surface area contributed by atoms with Gasteiger partial charge < -0.3 is 39.8 Å². The van der Waals surface area contributed by atoms with Crippen molar-refractivity contribution in [3.05, 3.63) is 35.9 Å². The summed E-state index contributed by atoms with van der Waals surface area (Å²) < 4.78 is 46.2. The van der Waals surface area contributed by atoms with Gasteiger partial charge in [-0.15, -0.1) is 0 Å². The minimum absolute atomic E-state index is 0.0223. The van der Waals surface area contributed by atoms with Crippen LogP contribution in [0.2, 0.25) is 0 Å². The fourth-order valence-corrected chi connectivity index (χ4v) is 8.97. The molecule has 55 heavy (non-hydrogen) atoms. The molecule has 1 saturated heterocycles. The summed E-state index contributed by atoms with van der Waals surface area (Å²) in [6, 6.07) is 2.97. The average Bonchev–Trinajstić information content (AvgIpc) is 4.00. The number of pyridine rings is 1. The lowest BCUT2D eigenvalue weighted by Gasteiger charge is -2.32. The van der Waals surface area contributed by atoms with Crippen molar-refractivity contribution in [2.75, 3.05) is 27.7 Å². The number of ether oxygens (including phenoxy) is 3. The molecule has 15 nitrogen and oxygen atoms in total. The number of nitrogens with one attached hydrogen (secondary N) is 3. The Hall–Kier alpha value is -4.15. The van der Waals surface area contributed by atoms with Gasteiger partial charge in [0.05, 0.1) is 35.6 Å². The van der Waals surface area contributed by atoms with E-state index >= 15 is 0 Å². The molecule has 2 aromatic rings. The van der Waals surface area contributed by atoms with Gasteiger partial charge in [-0.25, -0.2) is 18.2 Å². The number of carbonyl (C=O) groups excluding carboxylic acids is 3. The number of methoxy groups -OCH3 is 1. The molecule has 2 aliphatic heterocycles. The quantitative estimate of drug-likeness (QED) is 0.205. The van der Waals surface area contributed by atoms with Crippen LogP contribution in [0.1, 0.15) is 84.1 Å². The van der Waals surface area contributed by atoms with Gasteiger partial charge in [-0.05, 0) is 78.4 Å². The van der Waals surface area contributed by atoms with Crippen molar-refractivity contribution in [1.82, 2.24) is 30.1 Å². The Morgan fingerprint density at radius 1 is 1.15 bits per heavy atom. The SMILES string of the molecule is COc1ccc2c(OC3CC4C(=O)NC5(C(O)NS(=O)(=O)C6(C)CC6)CC5C=CCCCCCC(NC(=O)N(C)C)C(=O)N4C3)cc(OC(C)C)nc2c1C. The van der Waals surface area contributed by atoms with E-state index in [1.807, 2.05) is 45.1 Å². The molecule has 2 aliphatic carbocycles. The third-order valence-electron chi connectivity index (χ3n) is 11.3. The molecule has 1 aromatic heterocycles. The predicted octanol–water partition coefficient (Wildman–Crippen LogP) is 3.51. The summed E-state index contributed by atoms with van der Waals surface area (Å²) in [7, 11) is 0.883. The third kappa shape index (κ3) is 8.50. The Bertz CT molecular complexity index is 1930. The molecule has 3 fully saturated rings. The zero-order valence-corrected chi connectivity index (χ0v) is 33.7. The highest BCUT2D eigenvalue weighted by atomic mass is 32.2. The Balaban J connectivity index is 1.35. The van der Waals surface area contributed by atoms with Gasteiger partial charge >= 0.3 is 6.03 Å². The molecule has 302 valence electrons. The minimum atomic E-state index is -3.89. The topological polar surface area (TPSA) is 189 Å². The molecule has 3 heterocycles. The highest BCUT2D eigenvalue weighted by Gasteiger charge is 2.62. The molecule has 1 aromatic carbocycles. The molecule has 4 aliphatic rings. The summed E-state index contributed by atoms with van der Waals surface area (Å²) in [5, 5.41) is 18.1. The molecule has 6 atom stereocenters. The third-order valence-corrected chi connectivity index (χ3v) is 13.6. The van der Waals surface area contributed by atoms with Crippen molar-refractivity contribution in [1.29, 1.82) is 0 Å². The van der Waals surface area contributed by atoms with Crippen LogP contribution < -0.4 is 29.6 Å². The molecular weight excluding hydrogens is 729 g/mol. The fraction of sp³-hybridized carbons (Fsp3) is 0.641. The number of allylic oxidation sites excluding steroid dienone is 1. The number of amides is 4. The summed E-state index contributed by atoms with van der Waals surface area (Å²) in [5.41, 5.74) is 0.0847. The second kappa shape index (κ2) is 15.8. The van der Waals surface area contributed by atoms with E-state index in [4.69, 9.17) is 19.2 Å². The second-order valence-corrected chi connectivity index (χ2v) is 18.4. The van der Waals surface area contributed by atoms with Crippen LogP contribution in [0.25, 0.3) is 10.9 Å². The van der Waals surface area contributed by atoms with E-state index in [1.165, 1.54) is 9.80 Å². The number of aliphatic hydroxyl groups excluding tert-OH is 1. The molecule has 4 N–H and O–H groups in total. The molecule has 6 rings (SSSR count). The van der Waals surface area contributed by atoms with E-state index in [0.717, 1.165) is 24.8 Å². The summed E-state index contributed by atoms with van der Waals surface area (Å²) >= 11 is 0. The Morgan fingerprint density at radius 2 is 1.89 bits per heavy atom. The van der Waals surface area contributed by atoms with Crippen molar-refractivity contribution in [2.24, 2.45) is 5.92 Å². The van der Waals surface area contributed by atoms with Crippen molar-refractivity contribution in [2.45, 2.75) is 126 Å². The molecule has 0 bridgehead atoms. The summed E-state index contributed by atoms with van der Waals surface area (Å²) in [5.74, 6) is 0.120. The maximum Gasteiger partial charge on any atom is 0.317 e. The number of benzene rings is 1. The number of urea groups is 1. The molecular formula is C39H56N6O9S. The van der Waals surface area contributed by atoms with Crippen LogP contribution >= 0.6 is 0 Å². The first-order valence-electron chi connectivity index (χ1n) is 19.3. The van der Waals surface area contributed by atoms with Gasteiger partial charge in [0.25, 0.3) is 0 Å². The van der Waals surface area contributed by atoms with Gasteiger partial charge in [0, 0.05) is 43.5 Å². The van der Waals surface area contributed by atoms with Crippen LogP contribution in [0, 0.1) is 12.8 Å². The van der Waals surface area contributed by atoms with E-state index < -0.39 is 62.6 Å². The number of nitrogens with zero attached hydrogens (tertiary/aromatic N) is 3. The van der Waals surface area contributed by atoms with Crippen molar-refractivity contribution < 1.29 is 42.1 Å². The number of sulfonamides is 1. The first-order valence-corrected chi connectivity index (χ1v) is 20.8. The number of aryl methyl sites for hydroxylation is 1. The first-order chi connectivity index (χ1) is 26.0. The molecule has 16 heteroatoms. The van der Waals surface area contributed by atoms with Gasteiger partial charge in [0.2, 0.25) is 27.7 Å². The number of hydrogen-bond acceptors (Lipinski definition) is 10. The summed E-state index contributed by atoms with van der Waals surface area (Å²) in [4.78, 5) is 49.5. The highest BCUT2D eigenvalue weighted by Crippen LogP contribution is 2.49. The lowest BCUT2D eigenvalue weighted by Crippen LogP contribution is -2.60. The van der Waals surface area contributed by atoms with Crippen LogP contribution in [0.5, 0.6) is 17.4 Å². The molecule has 6 unspecified atom stereocenters. The van der Waals surface area contributed by atoms with Crippen molar-refractivity contribution in [3.63, 3.8) is 0 Å². The average molecular weight is 785 g/mol. The number of rotatable bonds is 10. The first kappa shape index (κ1) is 40.5. The summed E-state index contributed by atoms with van der Waals surface area (Å²) in [6.07, 6.45) is 6.24. The second-order valence-electron chi connectivity index (χ2n) is 16.2. The van der Waals surface area contributed by atoms with Crippen LogP contribution in [-0.4, -0.2) is 115 Å². The number of aliphatic hydroxyl groups is 1. The van der Waals surface area contributed by atoms with Crippen molar-refractivity contribution >= 4 is 38.8 Å². The molecule has 0 radical (unpaired) electrons. The number of hydrogen-bond donors (Lipinski definition) is 4. The van der Waals surface area contributed by atoms with Crippen LogP contribution in [-0.2, 0) is 19.6 Å². The van der Waals surface area contributed by atoms with Gasteiger partial charge in [0.1, 0.15) is 35.9 Å². The normalized spacial score (nSPS) is 27.3. The van der Waals surface area contributed by atoms with E-state index in [-0.39, 0.29) is 25.0 Å². The van der Waals surface area contributed by atoms with E-state index in [9.17, 15) is 27.9 Å². The van der Waals surface area contributed by atoms with E-state index in [1.54, 1.807) is 34.2 Å². The monoisotopic (exact) mass is 784 g/mol. The van der Waals surface area contributed by atoms with Crippen LogP contribution in [0.15, 0.2) is 30.4 Å². The van der Waals surface area contributed by atoms with Crippen molar-refractivity contribution in [3.8, 4) is 17.4 Å². The molecule has 0 spiro atoms. The van der Waals surface area contributed by atoms with Gasteiger partial charge in [-0.3, -0.25) is 9.59 Å². The Kier molecular flexibility index (Phi) is 11.6. The number of aromatic nitrogens is 1. The Morgan fingerprint density at radius 3 is 2.56 bits per heavy atom. The maximum atomic E-state index is 14.5. The maximum absolute atomic E-state index is 14.5. The van der Waals surface area contributed by atoms with E-state index in [2.05, 4.69) is 15.4 Å². The predicted molar refractivity (Wildman–Crippen MR) is 206 cm³/mol. The number of carbonyl (C=O) groups is 3. The fourth-order valence-electron chi connectivity index (χ4n) is 7.54. The molecule has 2 saturated carbocycles. The summed E-state index contributed by atoms with van der Waals surface area (Å²) in [6.45, 7) is 7.33. The smallest absolute Gasteiger partial charge is 0.317 e. The number of fused-ring (bicyclic) bond motifs is 3. The lowest BCUT2D eigenvalue weighted by molar-refractivity contribution is -0.140. The van der Waals surface area contributed by atoms with Gasteiger partial charge in [0.15, 0.2) is 0 Å². The lowest BCUT2D eigenvalue weighted by atomic mass is 10.0. The highest BCUT2D eigenvalue weighted by molar-refractivity contribution is 7.91. The standard InChI is InChI=1S/C39H56N6O9S/c1-23(2)53-32-20-31(27-15-16-30(52-7)24(3)33(27)41-32)54-26-19-29-34(46)42-39(36(48)43-55(50,51)38(4)17-18-38)21-25(39)13-11-9-8-10-12-14-28(35(47)45(29)22-26)40-37(49)44(5)6/h11,13,15-16,20,23,25-26,28-29,36,43,48H,8-10,12,14,17-19,21-22H2,1-7H3,(H,40,49)(H,42,46). The Labute approximate surface area is 323 Å². The van der Waals surface area contributed by atoms with E-state index in [0.29, 0.717) is 60.4 Å². The largest absolute Gasteiger partial charge is 0.496 e. The van der Waals surface area contributed by atoms with Crippen LogP contribution in [0.3, 0.4) is 0 Å². The minimum Gasteiger partial charge on any atom is -0.496 e. The zero-order valence-electron chi connectivity index (χ0n) is 32.9. The zero-order chi connectivity index (χ0) is 39.9.